The molecule has 2 aromatic carbocycles. The first-order valence-electron chi connectivity index (χ1n) is 9.72. The molecule has 168 valence electrons. The molecule has 10 heteroatoms. The van der Waals surface area contributed by atoms with Crippen molar-refractivity contribution in [2.45, 2.75) is 17.1 Å². The van der Waals surface area contributed by atoms with E-state index in [0.29, 0.717) is 25.2 Å². The van der Waals surface area contributed by atoms with Crippen LogP contribution in [0.4, 0.5) is 0 Å². The Kier molecular flexibility index (Phi) is 8.18. The normalized spacial score (nSPS) is 15.0. The van der Waals surface area contributed by atoms with Crippen LogP contribution in [0.15, 0.2) is 41.3 Å². The number of aromatic hydroxyl groups is 1. The van der Waals surface area contributed by atoms with Gasteiger partial charge in [-0.15, -0.1) is 0 Å². The highest BCUT2D eigenvalue weighted by molar-refractivity contribution is 7.90. The lowest BCUT2D eigenvalue weighted by Gasteiger charge is -2.26. The van der Waals surface area contributed by atoms with Crippen LogP contribution in [0.5, 0.6) is 5.75 Å². The molecular weight excluding hydrogens is 465 g/mol. The minimum Gasteiger partial charge on any atom is -0.507 e. The van der Waals surface area contributed by atoms with Gasteiger partial charge in [-0.25, -0.2) is 13.2 Å². The van der Waals surface area contributed by atoms with Gasteiger partial charge in [-0.2, -0.15) is 0 Å². The molecule has 0 bridgehead atoms. The van der Waals surface area contributed by atoms with Gasteiger partial charge >= 0.3 is 5.97 Å². The van der Waals surface area contributed by atoms with Crippen molar-refractivity contribution in [3.8, 4) is 5.75 Å². The minimum absolute atomic E-state index is 0.0154. The van der Waals surface area contributed by atoms with Crippen molar-refractivity contribution < 1.29 is 27.8 Å². The van der Waals surface area contributed by atoms with Gasteiger partial charge in [0.2, 0.25) is 0 Å². The number of nitrogens with zero attached hydrogens (tertiary/aromatic N) is 1. The van der Waals surface area contributed by atoms with Crippen molar-refractivity contribution in [2.24, 2.45) is 0 Å². The molecule has 1 N–H and O–H groups in total. The third-order valence-electron chi connectivity index (χ3n) is 4.79. The number of sulfone groups is 1. The van der Waals surface area contributed by atoms with Gasteiger partial charge in [0.05, 0.1) is 30.5 Å². The number of rotatable bonds is 8. The van der Waals surface area contributed by atoms with E-state index in [9.17, 15) is 18.3 Å². The van der Waals surface area contributed by atoms with Crippen LogP contribution in [0.1, 0.15) is 22.3 Å². The second kappa shape index (κ2) is 10.7. The van der Waals surface area contributed by atoms with Crippen LogP contribution < -0.4 is 0 Å². The van der Waals surface area contributed by atoms with Crippen molar-refractivity contribution >= 4 is 39.0 Å². The van der Waals surface area contributed by atoms with Crippen LogP contribution in [0.2, 0.25) is 10.0 Å². The third-order valence-corrected chi connectivity index (χ3v) is 6.89. The van der Waals surface area contributed by atoms with Gasteiger partial charge < -0.3 is 14.6 Å². The van der Waals surface area contributed by atoms with Gasteiger partial charge in [-0.3, -0.25) is 4.90 Å². The van der Waals surface area contributed by atoms with Crippen LogP contribution in [0, 0.1) is 0 Å². The van der Waals surface area contributed by atoms with Gasteiger partial charge in [-0.1, -0.05) is 29.3 Å². The maximum absolute atomic E-state index is 12.6. The number of esters is 1. The highest BCUT2D eigenvalue weighted by Gasteiger charge is 2.19. The molecule has 0 amide bonds. The lowest BCUT2D eigenvalue weighted by Crippen LogP contribution is -2.37. The largest absolute Gasteiger partial charge is 0.507 e. The number of halogens is 2. The Morgan fingerprint density at radius 1 is 1.10 bits per heavy atom. The van der Waals surface area contributed by atoms with Crippen molar-refractivity contribution in [3.63, 3.8) is 0 Å². The lowest BCUT2D eigenvalue weighted by molar-refractivity contribution is 0.0297. The number of ether oxygens (including phenoxy) is 2. The summed E-state index contributed by atoms with van der Waals surface area (Å²) in [4.78, 5) is 14.5. The van der Waals surface area contributed by atoms with Gasteiger partial charge in [-0.05, 0) is 42.3 Å². The van der Waals surface area contributed by atoms with E-state index < -0.39 is 15.8 Å². The Morgan fingerprint density at radius 2 is 1.77 bits per heavy atom. The Hall–Kier alpha value is -1.84. The van der Waals surface area contributed by atoms with E-state index in [1.807, 2.05) is 0 Å². The smallest absolute Gasteiger partial charge is 0.341 e. The monoisotopic (exact) mass is 487 g/mol. The second-order valence-electron chi connectivity index (χ2n) is 7.16. The fraction of sp³-hybridized carbons (Fsp3) is 0.381. The summed E-state index contributed by atoms with van der Waals surface area (Å²) in [5.74, 6) is -1.38. The number of morpholine rings is 1. The summed E-state index contributed by atoms with van der Waals surface area (Å²) in [6.45, 7) is 4.16. The molecule has 0 spiro atoms. The van der Waals surface area contributed by atoms with E-state index in [1.54, 1.807) is 0 Å². The number of phenols is 1. The van der Waals surface area contributed by atoms with Crippen LogP contribution >= 0.6 is 23.2 Å². The average Bonchev–Trinajstić information content (AvgIpc) is 2.71. The number of phenolic OH excluding ortho intramolecular Hbond substituents is 1. The maximum atomic E-state index is 12.6. The van der Waals surface area contributed by atoms with E-state index in [0.717, 1.165) is 19.6 Å². The molecule has 1 heterocycles. The first kappa shape index (κ1) is 23.8. The molecule has 0 saturated carbocycles. The van der Waals surface area contributed by atoms with Gasteiger partial charge in [0.15, 0.2) is 9.84 Å². The molecule has 0 atom stereocenters. The molecule has 0 radical (unpaired) electrons. The Labute approximate surface area is 191 Å². The van der Waals surface area contributed by atoms with Crippen LogP contribution in [0.3, 0.4) is 0 Å². The van der Waals surface area contributed by atoms with E-state index in [1.165, 1.54) is 36.4 Å². The highest BCUT2D eigenvalue weighted by Crippen LogP contribution is 2.27. The molecule has 31 heavy (non-hydrogen) atoms. The fourth-order valence-corrected chi connectivity index (χ4v) is 5.26. The molecular formula is C21H23Cl2NO6S. The summed E-state index contributed by atoms with van der Waals surface area (Å²) in [5.41, 5.74) is 0.302. The molecule has 1 fully saturated rings. The van der Waals surface area contributed by atoms with E-state index in [-0.39, 0.29) is 38.6 Å². The number of hydrogen-bond donors (Lipinski definition) is 1. The van der Waals surface area contributed by atoms with Crippen LogP contribution in [-0.2, 0) is 25.1 Å². The number of benzene rings is 2. The predicted molar refractivity (Wildman–Crippen MR) is 118 cm³/mol. The van der Waals surface area contributed by atoms with E-state index in [2.05, 4.69) is 4.90 Å². The van der Waals surface area contributed by atoms with Crippen LogP contribution in [-0.4, -0.2) is 63.8 Å². The zero-order chi connectivity index (χ0) is 22.4. The third kappa shape index (κ3) is 6.82. The van der Waals surface area contributed by atoms with Gasteiger partial charge in [0.1, 0.15) is 11.3 Å². The molecule has 1 saturated heterocycles. The standard InChI is InChI=1S/C21H23Cl2NO6S/c22-16-11-17(23)13-18(12-16)31(27,28)14-15-2-3-19(20(25)10-15)21(26)30-7-1-4-24-5-8-29-9-6-24/h2-3,10-13,25H,1,4-9,14H2. The lowest BCUT2D eigenvalue weighted by atomic mass is 10.1. The van der Waals surface area contributed by atoms with Gasteiger partial charge in [0, 0.05) is 29.7 Å². The van der Waals surface area contributed by atoms with Gasteiger partial charge in [0.25, 0.3) is 0 Å². The summed E-state index contributed by atoms with van der Waals surface area (Å²) in [6, 6.07) is 8.13. The summed E-state index contributed by atoms with van der Waals surface area (Å²) >= 11 is 11.8. The predicted octanol–water partition coefficient (Wildman–Crippen LogP) is 3.55. The molecule has 7 nitrogen and oxygen atoms in total. The summed E-state index contributed by atoms with van der Waals surface area (Å²) in [7, 11) is -3.75. The Bertz CT molecular complexity index is 1020. The highest BCUT2D eigenvalue weighted by atomic mass is 35.5. The number of carbonyl (C=O) groups excluding carboxylic acids is 1. The van der Waals surface area contributed by atoms with Crippen molar-refractivity contribution in [2.75, 3.05) is 39.5 Å². The number of hydrogen-bond acceptors (Lipinski definition) is 7. The maximum Gasteiger partial charge on any atom is 0.341 e. The summed E-state index contributed by atoms with van der Waals surface area (Å²) in [6.07, 6.45) is 0.672. The van der Waals surface area contributed by atoms with E-state index in [4.69, 9.17) is 32.7 Å². The molecule has 1 aliphatic rings. The van der Waals surface area contributed by atoms with Crippen molar-refractivity contribution in [1.82, 2.24) is 4.90 Å². The molecule has 0 aromatic heterocycles. The topological polar surface area (TPSA) is 93.1 Å². The molecule has 1 aliphatic heterocycles. The molecule has 2 aromatic rings. The van der Waals surface area contributed by atoms with Crippen molar-refractivity contribution in [1.29, 1.82) is 0 Å². The average molecular weight is 488 g/mol. The minimum atomic E-state index is -3.75. The summed E-state index contributed by atoms with van der Waals surface area (Å²) < 4.78 is 35.8. The molecule has 0 aliphatic carbocycles. The summed E-state index contributed by atoms with van der Waals surface area (Å²) in [5, 5.41) is 10.6. The first-order valence-corrected chi connectivity index (χ1v) is 12.1. The second-order valence-corrected chi connectivity index (χ2v) is 10.0. The quantitative estimate of drug-likeness (QED) is 0.449. The Balaban J connectivity index is 1.58. The number of carbonyl (C=O) groups is 1. The van der Waals surface area contributed by atoms with Crippen LogP contribution in [0.25, 0.3) is 0 Å². The fourth-order valence-electron chi connectivity index (χ4n) is 3.21. The SMILES string of the molecule is O=C(OCCCN1CCOCC1)c1ccc(CS(=O)(=O)c2cc(Cl)cc(Cl)c2)cc1O. The van der Waals surface area contributed by atoms with E-state index >= 15 is 0 Å². The Morgan fingerprint density at radius 3 is 2.42 bits per heavy atom. The first-order chi connectivity index (χ1) is 14.7. The zero-order valence-electron chi connectivity index (χ0n) is 16.7. The zero-order valence-corrected chi connectivity index (χ0v) is 19.0. The molecule has 3 rings (SSSR count). The molecule has 0 unspecified atom stereocenters. The van der Waals surface area contributed by atoms with Crippen molar-refractivity contribution in [3.05, 3.63) is 57.6 Å².